The highest BCUT2D eigenvalue weighted by molar-refractivity contribution is 5.86. The maximum absolute atomic E-state index is 12.1. The van der Waals surface area contributed by atoms with Crippen molar-refractivity contribution in [2.24, 2.45) is 5.92 Å². The summed E-state index contributed by atoms with van der Waals surface area (Å²) in [5, 5.41) is 11.9. The molecule has 1 saturated heterocycles. The molecule has 19 heavy (non-hydrogen) atoms. The number of carbonyl (C=O) groups excluding carboxylic acids is 1. The Hall–Kier alpha value is -1.88. The summed E-state index contributed by atoms with van der Waals surface area (Å²) in [6.07, 6.45) is 0.781. The molecule has 1 aromatic rings. The molecule has 1 aliphatic rings. The molecule has 5 nitrogen and oxygen atoms in total. The molecule has 1 unspecified atom stereocenters. The Bertz CT molecular complexity index is 461. The summed E-state index contributed by atoms with van der Waals surface area (Å²) in [6, 6.07) is 7.79. The molecule has 0 aliphatic carbocycles. The van der Waals surface area contributed by atoms with Gasteiger partial charge in [-0.15, -0.1) is 0 Å². The first kappa shape index (κ1) is 13.5. The van der Waals surface area contributed by atoms with E-state index < -0.39 is 12.0 Å². The second-order valence-electron chi connectivity index (χ2n) is 4.94. The number of nitrogens with one attached hydrogen (secondary N) is 1. The monoisotopic (exact) mass is 262 g/mol. The smallest absolute Gasteiger partial charge is 0.330 e. The zero-order valence-electron chi connectivity index (χ0n) is 10.9. The lowest BCUT2D eigenvalue weighted by molar-refractivity contribution is -0.142. The van der Waals surface area contributed by atoms with E-state index in [1.165, 1.54) is 0 Å². The average Bonchev–Trinajstić information content (AvgIpc) is 2.83. The van der Waals surface area contributed by atoms with Crippen molar-refractivity contribution in [2.45, 2.75) is 12.5 Å². The van der Waals surface area contributed by atoms with Crippen LogP contribution in [0.3, 0.4) is 0 Å². The van der Waals surface area contributed by atoms with Crippen molar-refractivity contribution in [1.29, 1.82) is 0 Å². The summed E-state index contributed by atoms with van der Waals surface area (Å²) in [5.41, 5.74) is 0.592. The van der Waals surface area contributed by atoms with Gasteiger partial charge in [0.15, 0.2) is 6.04 Å². The Morgan fingerprint density at radius 2 is 2.05 bits per heavy atom. The van der Waals surface area contributed by atoms with Crippen molar-refractivity contribution < 1.29 is 14.7 Å². The summed E-state index contributed by atoms with van der Waals surface area (Å²) < 4.78 is 0. The molecule has 2 rings (SSSR count). The summed E-state index contributed by atoms with van der Waals surface area (Å²) in [4.78, 5) is 25.4. The van der Waals surface area contributed by atoms with Gasteiger partial charge in [0.25, 0.3) is 0 Å². The Kier molecular flexibility index (Phi) is 4.16. The van der Waals surface area contributed by atoms with Gasteiger partial charge in [-0.25, -0.2) is 4.79 Å². The number of likely N-dealkylation sites (tertiary alicyclic amines) is 1. The molecular formula is C14H18N2O3. The SMILES string of the molecule is CN1CCC(C(=O)N[C@@H](C(=O)O)c2ccccc2)C1. The number of nitrogens with zero attached hydrogens (tertiary/aromatic N) is 1. The summed E-state index contributed by atoms with van der Waals surface area (Å²) in [6.45, 7) is 1.56. The van der Waals surface area contributed by atoms with E-state index in [0.717, 1.165) is 13.0 Å². The highest BCUT2D eigenvalue weighted by Crippen LogP contribution is 2.18. The molecule has 0 aromatic heterocycles. The lowest BCUT2D eigenvalue weighted by Gasteiger charge is -2.17. The van der Waals surface area contributed by atoms with Crippen molar-refractivity contribution in [3.05, 3.63) is 35.9 Å². The summed E-state index contributed by atoms with van der Waals surface area (Å²) in [7, 11) is 1.96. The summed E-state index contributed by atoms with van der Waals surface area (Å²) in [5.74, 6) is -1.33. The van der Waals surface area contributed by atoms with E-state index in [9.17, 15) is 14.7 Å². The maximum Gasteiger partial charge on any atom is 0.330 e. The number of hydrogen-bond donors (Lipinski definition) is 2. The van der Waals surface area contributed by atoms with E-state index in [0.29, 0.717) is 12.1 Å². The third kappa shape index (κ3) is 3.32. The molecule has 2 N–H and O–H groups in total. The largest absolute Gasteiger partial charge is 0.479 e. The molecule has 1 aliphatic heterocycles. The fourth-order valence-electron chi connectivity index (χ4n) is 2.34. The Morgan fingerprint density at radius 3 is 2.58 bits per heavy atom. The van der Waals surface area contributed by atoms with Crippen LogP contribution in [-0.2, 0) is 9.59 Å². The molecule has 1 amide bonds. The number of amides is 1. The minimum atomic E-state index is -1.04. The molecule has 0 spiro atoms. The van der Waals surface area contributed by atoms with Gasteiger partial charge in [0.2, 0.25) is 5.91 Å². The van der Waals surface area contributed by atoms with E-state index in [4.69, 9.17) is 0 Å². The predicted octanol–water partition coefficient (Wildman–Crippen LogP) is 0.880. The van der Waals surface area contributed by atoms with Gasteiger partial charge in [-0.3, -0.25) is 4.79 Å². The first-order valence-corrected chi connectivity index (χ1v) is 6.34. The standard InChI is InChI=1S/C14H18N2O3/c1-16-8-7-11(9-16)13(17)15-12(14(18)19)10-5-3-2-4-6-10/h2-6,11-12H,7-9H2,1H3,(H,15,17)(H,18,19)/t11?,12-/m1/s1. The molecule has 0 saturated carbocycles. The number of benzene rings is 1. The molecule has 1 heterocycles. The van der Waals surface area contributed by atoms with Crippen LogP contribution in [0.1, 0.15) is 18.0 Å². The minimum Gasteiger partial charge on any atom is -0.479 e. The second-order valence-corrected chi connectivity index (χ2v) is 4.94. The Balaban J connectivity index is 2.05. The Labute approximate surface area is 112 Å². The summed E-state index contributed by atoms with van der Waals surface area (Å²) >= 11 is 0. The van der Waals surface area contributed by atoms with Crippen LogP contribution in [0, 0.1) is 5.92 Å². The van der Waals surface area contributed by atoms with E-state index in [2.05, 4.69) is 10.2 Å². The molecular weight excluding hydrogens is 244 g/mol. The van der Waals surface area contributed by atoms with Crippen molar-refractivity contribution in [3.63, 3.8) is 0 Å². The molecule has 102 valence electrons. The third-order valence-corrected chi connectivity index (χ3v) is 3.43. The van der Waals surface area contributed by atoms with Crippen LogP contribution < -0.4 is 5.32 Å². The molecule has 0 radical (unpaired) electrons. The van der Waals surface area contributed by atoms with Crippen LogP contribution in [0.25, 0.3) is 0 Å². The van der Waals surface area contributed by atoms with Gasteiger partial charge < -0.3 is 15.3 Å². The topological polar surface area (TPSA) is 69.6 Å². The van der Waals surface area contributed by atoms with Gasteiger partial charge in [0.05, 0.1) is 5.92 Å². The fourth-order valence-corrected chi connectivity index (χ4v) is 2.34. The first-order chi connectivity index (χ1) is 9.08. The van der Waals surface area contributed by atoms with Gasteiger partial charge in [-0.2, -0.15) is 0 Å². The lowest BCUT2D eigenvalue weighted by Crippen LogP contribution is -2.38. The van der Waals surface area contributed by atoms with E-state index in [1.807, 2.05) is 13.1 Å². The van der Waals surface area contributed by atoms with Crippen LogP contribution >= 0.6 is 0 Å². The van der Waals surface area contributed by atoms with Crippen molar-refractivity contribution in [2.75, 3.05) is 20.1 Å². The minimum absolute atomic E-state index is 0.115. The average molecular weight is 262 g/mol. The number of hydrogen-bond acceptors (Lipinski definition) is 3. The second kappa shape index (κ2) is 5.84. The van der Waals surface area contributed by atoms with E-state index in [-0.39, 0.29) is 11.8 Å². The van der Waals surface area contributed by atoms with Crippen LogP contribution in [0.4, 0.5) is 0 Å². The number of carbonyl (C=O) groups is 2. The van der Waals surface area contributed by atoms with Gasteiger partial charge >= 0.3 is 5.97 Å². The number of rotatable bonds is 4. The van der Waals surface area contributed by atoms with Crippen LogP contribution in [0.2, 0.25) is 0 Å². The maximum atomic E-state index is 12.1. The predicted molar refractivity (Wildman–Crippen MR) is 70.6 cm³/mol. The normalized spacial score (nSPS) is 21.0. The van der Waals surface area contributed by atoms with E-state index in [1.54, 1.807) is 24.3 Å². The van der Waals surface area contributed by atoms with Gasteiger partial charge in [-0.05, 0) is 25.6 Å². The molecule has 0 bridgehead atoms. The highest BCUT2D eigenvalue weighted by atomic mass is 16.4. The number of carboxylic acid groups (broad SMARTS) is 1. The van der Waals surface area contributed by atoms with E-state index >= 15 is 0 Å². The molecule has 1 aromatic carbocycles. The quantitative estimate of drug-likeness (QED) is 0.845. The highest BCUT2D eigenvalue weighted by Gasteiger charge is 2.30. The Morgan fingerprint density at radius 1 is 1.37 bits per heavy atom. The zero-order chi connectivity index (χ0) is 13.8. The van der Waals surface area contributed by atoms with Crippen LogP contribution in [-0.4, -0.2) is 42.0 Å². The van der Waals surface area contributed by atoms with Crippen molar-refractivity contribution in [3.8, 4) is 0 Å². The van der Waals surface area contributed by atoms with Gasteiger partial charge in [-0.1, -0.05) is 30.3 Å². The van der Waals surface area contributed by atoms with Crippen LogP contribution in [0.15, 0.2) is 30.3 Å². The first-order valence-electron chi connectivity index (χ1n) is 6.34. The molecule has 2 atom stereocenters. The van der Waals surface area contributed by atoms with Crippen molar-refractivity contribution >= 4 is 11.9 Å². The van der Waals surface area contributed by atoms with Crippen molar-refractivity contribution in [1.82, 2.24) is 10.2 Å². The molecule has 5 heteroatoms. The van der Waals surface area contributed by atoms with Gasteiger partial charge in [0, 0.05) is 6.54 Å². The zero-order valence-corrected chi connectivity index (χ0v) is 10.9. The van der Waals surface area contributed by atoms with Crippen LogP contribution in [0.5, 0.6) is 0 Å². The number of carboxylic acids is 1. The fraction of sp³-hybridized carbons (Fsp3) is 0.429. The van der Waals surface area contributed by atoms with Gasteiger partial charge in [0.1, 0.15) is 0 Å². The third-order valence-electron chi connectivity index (χ3n) is 3.43. The lowest BCUT2D eigenvalue weighted by atomic mass is 10.0. The molecule has 1 fully saturated rings. The number of aliphatic carboxylic acids is 1.